The summed E-state index contributed by atoms with van der Waals surface area (Å²) in [5.41, 5.74) is 5.18. The molecule has 3 rings (SSSR count). The number of aryl methyl sites for hydroxylation is 1. The fraction of sp³-hybridized carbons (Fsp3) is 0.435. The lowest BCUT2D eigenvalue weighted by Gasteiger charge is -2.31. The van der Waals surface area contributed by atoms with Crippen molar-refractivity contribution in [2.45, 2.75) is 39.6 Å². The normalized spacial score (nSPS) is 17.5. The maximum atomic E-state index is 5.64. The van der Waals surface area contributed by atoms with Crippen LogP contribution in [0.25, 0.3) is 0 Å². The lowest BCUT2D eigenvalue weighted by atomic mass is 10.1. The number of aliphatic imine (C=N–C) groups is 1. The van der Waals surface area contributed by atoms with Crippen molar-refractivity contribution in [3.05, 3.63) is 70.8 Å². The number of ether oxygens (including phenoxy) is 1. The van der Waals surface area contributed by atoms with Crippen LogP contribution in [-0.2, 0) is 24.4 Å². The van der Waals surface area contributed by atoms with Crippen molar-refractivity contribution >= 4 is 29.9 Å². The Morgan fingerprint density at radius 2 is 1.86 bits per heavy atom. The molecule has 1 heterocycles. The van der Waals surface area contributed by atoms with E-state index in [9.17, 15) is 0 Å². The van der Waals surface area contributed by atoms with Crippen molar-refractivity contribution in [1.82, 2.24) is 15.5 Å². The van der Waals surface area contributed by atoms with Gasteiger partial charge < -0.3 is 15.4 Å². The molecule has 0 spiro atoms. The molecular formula is C23H33IN4O. The van der Waals surface area contributed by atoms with Crippen LogP contribution in [0, 0.1) is 6.92 Å². The van der Waals surface area contributed by atoms with E-state index in [0.717, 1.165) is 45.3 Å². The molecule has 158 valence electrons. The second-order valence-corrected chi connectivity index (χ2v) is 7.44. The van der Waals surface area contributed by atoms with Crippen LogP contribution in [0.5, 0.6) is 0 Å². The number of hydrogen-bond donors (Lipinski definition) is 2. The van der Waals surface area contributed by atoms with Crippen molar-refractivity contribution in [2.75, 3.05) is 26.7 Å². The van der Waals surface area contributed by atoms with Crippen molar-refractivity contribution in [1.29, 1.82) is 0 Å². The van der Waals surface area contributed by atoms with Crippen LogP contribution in [0.2, 0.25) is 0 Å². The second-order valence-electron chi connectivity index (χ2n) is 7.44. The van der Waals surface area contributed by atoms with E-state index in [4.69, 9.17) is 4.74 Å². The molecule has 0 radical (unpaired) electrons. The summed E-state index contributed by atoms with van der Waals surface area (Å²) in [6.07, 6.45) is 0.321. The Balaban J connectivity index is 0.00000300. The van der Waals surface area contributed by atoms with Gasteiger partial charge in [0.15, 0.2) is 5.96 Å². The van der Waals surface area contributed by atoms with Crippen LogP contribution < -0.4 is 10.6 Å². The highest BCUT2D eigenvalue weighted by Gasteiger charge is 2.16. The van der Waals surface area contributed by atoms with Gasteiger partial charge in [-0.3, -0.25) is 9.89 Å². The molecule has 1 aliphatic rings. The molecule has 0 bridgehead atoms. The van der Waals surface area contributed by atoms with Gasteiger partial charge in [0.05, 0.1) is 12.7 Å². The minimum absolute atomic E-state index is 0. The van der Waals surface area contributed by atoms with Gasteiger partial charge in [-0.15, -0.1) is 24.0 Å². The Bertz CT molecular complexity index is 796. The molecule has 0 aliphatic carbocycles. The molecule has 2 N–H and O–H groups in total. The minimum atomic E-state index is 0. The summed E-state index contributed by atoms with van der Waals surface area (Å²) in [5, 5.41) is 6.82. The third-order valence-electron chi connectivity index (χ3n) is 5.11. The highest BCUT2D eigenvalue weighted by atomic mass is 127. The molecule has 0 aromatic heterocycles. The predicted octanol–water partition coefficient (Wildman–Crippen LogP) is 3.70. The highest BCUT2D eigenvalue weighted by molar-refractivity contribution is 14.0. The Kier molecular flexibility index (Phi) is 9.90. The molecule has 1 atom stereocenters. The van der Waals surface area contributed by atoms with Gasteiger partial charge in [0.1, 0.15) is 0 Å². The number of guanidine groups is 1. The Morgan fingerprint density at radius 3 is 2.62 bits per heavy atom. The SMILES string of the molecule is CN=C(NCc1cccc(CN2CCOC(C)C2)c1)NCc1ccccc1C.I. The van der Waals surface area contributed by atoms with E-state index in [1.165, 1.54) is 22.3 Å². The number of hydrogen-bond acceptors (Lipinski definition) is 3. The van der Waals surface area contributed by atoms with Gasteiger partial charge in [-0.25, -0.2) is 0 Å². The number of benzene rings is 2. The van der Waals surface area contributed by atoms with Crippen molar-refractivity contribution in [3.8, 4) is 0 Å². The first-order chi connectivity index (χ1) is 13.6. The zero-order valence-corrected chi connectivity index (χ0v) is 20.0. The Hall–Kier alpha value is -1.64. The summed E-state index contributed by atoms with van der Waals surface area (Å²) >= 11 is 0. The molecular weight excluding hydrogens is 475 g/mol. The standard InChI is InChI=1S/C23H32N4O.HI/c1-18-7-4-5-10-22(18)15-26-23(24-3)25-14-20-8-6-9-21(13-20)17-27-11-12-28-19(2)16-27;/h4-10,13,19H,11-12,14-17H2,1-3H3,(H2,24,25,26);1H. The first kappa shape index (κ1) is 23.6. The zero-order chi connectivity index (χ0) is 19.8. The molecule has 2 aromatic carbocycles. The quantitative estimate of drug-likeness (QED) is 0.355. The summed E-state index contributed by atoms with van der Waals surface area (Å²) in [6.45, 7) is 9.59. The molecule has 6 heteroatoms. The fourth-order valence-corrected chi connectivity index (χ4v) is 3.52. The number of nitrogens with one attached hydrogen (secondary N) is 2. The summed E-state index contributed by atoms with van der Waals surface area (Å²) in [7, 11) is 1.81. The number of rotatable bonds is 6. The molecule has 0 saturated carbocycles. The van der Waals surface area contributed by atoms with E-state index < -0.39 is 0 Å². The zero-order valence-electron chi connectivity index (χ0n) is 17.6. The first-order valence-corrected chi connectivity index (χ1v) is 10.0. The lowest BCUT2D eigenvalue weighted by molar-refractivity contribution is -0.0212. The van der Waals surface area contributed by atoms with E-state index in [1.807, 2.05) is 7.05 Å². The highest BCUT2D eigenvalue weighted by Crippen LogP contribution is 2.12. The number of nitrogens with zero attached hydrogens (tertiary/aromatic N) is 2. The molecule has 1 fully saturated rings. The summed E-state index contributed by atoms with van der Waals surface area (Å²) < 4.78 is 5.64. The Labute approximate surface area is 192 Å². The van der Waals surface area contributed by atoms with Crippen molar-refractivity contribution in [2.24, 2.45) is 4.99 Å². The predicted molar refractivity (Wildman–Crippen MR) is 131 cm³/mol. The van der Waals surface area contributed by atoms with Crippen molar-refractivity contribution in [3.63, 3.8) is 0 Å². The lowest BCUT2D eigenvalue weighted by Crippen LogP contribution is -2.40. The van der Waals surface area contributed by atoms with E-state index in [2.05, 4.69) is 82.9 Å². The number of halogens is 1. The van der Waals surface area contributed by atoms with Crippen LogP contribution in [0.1, 0.15) is 29.2 Å². The molecule has 0 amide bonds. The van der Waals surface area contributed by atoms with E-state index in [-0.39, 0.29) is 24.0 Å². The average molecular weight is 508 g/mol. The van der Waals surface area contributed by atoms with Gasteiger partial charge in [0.25, 0.3) is 0 Å². The molecule has 1 unspecified atom stereocenters. The summed E-state index contributed by atoms with van der Waals surface area (Å²) in [4.78, 5) is 6.81. The maximum Gasteiger partial charge on any atom is 0.191 e. The smallest absolute Gasteiger partial charge is 0.191 e. The van der Waals surface area contributed by atoms with Gasteiger partial charge in [-0.1, -0.05) is 48.5 Å². The molecule has 29 heavy (non-hydrogen) atoms. The molecule has 2 aromatic rings. The van der Waals surface area contributed by atoms with Crippen LogP contribution in [0.15, 0.2) is 53.5 Å². The summed E-state index contributed by atoms with van der Waals surface area (Å²) in [6, 6.07) is 17.2. The van der Waals surface area contributed by atoms with Gasteiger partial charge in [-0.2, -0.15) is 0 Å². The van der Waals surface area contributed by atoms with Crippen LogP contribution in [0.4, 0.5) is 0 Å². The van der Waals surface area contributed by atoms with Crippen LogP contribution in [0.3, 0.4) is 0 Å². The summed E-state index contributed by atoms with van der Waals surface area (Å²) in [5.74, 6) is 0.815. The van der Waals surface area contributed by atoms with E-state index in [1.54, 1.807) is 0 Å². The van der Waals surface area contributed by atoms with Gasteiger partial charge in [-0.05, 0) is 36.1 Å². The average Bonchev–Trinajstić information content (AvgIpc) is 2.70. The van der Waals surface area contributed by atoms with Gasteiger partial charge in [0.2, 0.25) is 0 Å². The Morgan fingerprint density at radius 1 is 1.10 bits per heavy atom. The maximum absolute atomic E-state index is 5.64. The van der Waals surface area contributed by atoms with Gasteiger partial charge in [0, 0.05) is 39.8 Å². The first-order valence-electron chi connectivity index (χ1n) is 10.0. The van der Waals surface area contributed by atoms with E-state index >= 15 is 0 Å². The number of morpholine rings is 1. The van der Waals surface area contributed by atoms with Crippen LogP contribution >= 0.6 is 24.0 Å². The van der Waals surface area contributed by atoms with Crippen molar-refractivity contribution < 1.29 is 4.74 Å². The third kappa shape index (κ3) is 7.60. The topological polar surface area (TPSA) is 48.9 Å². The third-order valence-corrected chi connectivity index (χ3v) is 5.11. The fourth-order valence-electron chi connectivity index (χ4n) is 3.52. The van der Waals surface area contributed by atoms with Gasteiger partial charge >= 0.3 is 0 Å². The minimum Gasteiger partial charge on any atom is -0.376 e. The van der Waals surface area contributed by atoms with Crippen LogP contribution in [-0.4, -0.2) is 43.7 Å². The molecule has 1 saturated heterocycles. The molecule has 1 aliphatic heterocycles. The largest absolute Gasteiger partial charge is 0.376 e. The molecule has 5 nitrogen and oxygen atoms in total. The second kappa shape index (κ2) is 12.1. The monoisotopic (exact) mass is 508 g/mol. The van der Waals surface area contributed by atoms with E-state index in [0.29, 0.717) is 6.10 Å².